The van der Waals surface area contributed by atoms with Crippen LogP contribution in [0.5, 0.6) is 5.75 Å². The van der Waals surface area contributed by atoms with Gasteiger partial charge in [0, 0.05) is 11.4 Å². The molecule has 0 aliphatic heterocycles. The van der Waals surface area contributed by atoms with Gasteiger partial charge in [0.1, 0.15) is 16.6 Å². The van der Waals surface area contributed by atoms with E-state index in [2.05, 4.69) is 10.3 Å². The van der Waals surface area contributed by atoms with Crippen molar-refractivity contribution in [2.75, 3.05) is 11.9 Å². The normalized spacial score (nSPS) is 10.1. The first kappa shape index (κ1) is 14.3. The minimum atomic E-state index is 0.325. The molecule has 104 valence electrons. The van der Waals surface area contributed by atoms with Gasteiger partial charge in [0.25, 0.3) is 0 Å². The zero-order chi connectivity index (χ0) is 14.5. The Kier molecular flexibility index (Phi) is 4.53. The van der Waals surface area contributed by atoms with E-state index in [1.54, 1.807) is 0 Å². The Labute approximate surface area is 124 Å². The summed E-state index contributed by atoms with van der Waals surface area (Å²) in [6.07, 6.45) is 0. The number of nitrogens with two attached hydrogens (primary N) is 1. The molecule has 4 nitrogen and oxygen atoms in total. The Morgan fingerprint density at radius 2 is 1.95 bits per heavy atom. The average molecular weight is 287 g/mol. The highest BCUT2D eigenvalue weighted by molar-refractivity contribution is 7.80. The van der Waals surface area contributed by atoms with Crippen LogP contribution in [0, 0.1) is 6.92 Å². The molecule has 0 aliphatic rings. The maximum Gasteiger partial charge on any atom is 0.140 e. The molecule has 1 aromatic carbocycles. The molecule has 20 heavy (non-hydrogen) atoms. The number of hydrogen-bond donors (Lipinski definition) is 2. The van der Waals surface area contributed by atoms with E-state index in [9.17, 15) is 0 Å². The van der Waals surface area contributed by atoms with Crippen LogP contribution in [-0.2, 0) is 0 Å². The summed E-state index contributed by atoms with van der Waals surface area (Å²) in [5.74, 6) is 1.51. The van der Waals surface area contributed by atoms with E-state index in [4.69, 9.17) is 22.7 Å². The predicted octanol–water partition coefficient (Wildman–Crippen LogP) is 3.17. The molecule has 0 bridgehead atoms. The van der Waals surface area contributed by atoms with Crippen LogP contribution in [-0.4, -0.2) is 16.6 Å². The Balaban J connectivity index is 2.25. The molecule has 1 heterocycles. The predicted molar refractivity (Wildman–Crippen MR) is 85.8 cm³/mol. The van der Waals surface area contributed by atoms with E-state index < -0.39 is 0 Å². The molecule has 0 unspecified atom stereocenters. The van der Waals surface area contributed by atoms with Crippen LogP contribution < -0.4 is 15.8 Å². The maximum atomic E-state index is 5.71. The van der Waals surface area contributed by atoms with Gasteiger partial charge in [-0.05, 0) is 50.2 Å². The van der Waals surface area contributed by atoms with E-state index in [1.165, 1.54) is 0 Å². The highest BCUT2D eigenvalue weighted by atomic mass is 32.1. The third kappa shape index (κ3) is 3.45. The number of nitrogens with zero attached hydrogens (tertiary/aromatic N) is 1. The largest absolute Gasteiger partial charge is 0.494 e. The number of ether oxygens (including phenoxy) is 1. The molecule has 0 aliphatic carbocycles. The van der Waals surface area contributed by atoms with Crippen LogP contribution in [0.2, 0.25) is 0 Å². The molecule has 2 rings (SSSR count). The summed E-state index contributed by atoms with van der Waals surface area (Å²) in [7, 11) is 0. The first-order valence-corrected chi connectivity index (χ1v) is 6.78. The van der Waals surface area contributed by atoms with Crippen molar-refractivity contribution in [3.05, 3.63) is 47.7 Å². The van der Waals surface area contributed by atoms with Crippen LogP contribution >= 0.6 is 12.2 Å². The quantitative estimate of drug-likeness (QED) is 0.827. The molecule has 0 atom stereocenters. The SMILES string of the molecule is CCOc1ccc(Nc2nc(C)ccc2C(N)=S)cc1. The van der Waals surface area contributed by atoms with Crippen molar-refractivity contribution in [2.24, 2.45) is 5.73 Å². The number of aryl methyl sites for hydroxylation is 1. The molecule has 0 spiro atoms. The Hall–Kier alpha value is -2.14. The Morgan fingerprint density at radius 3 is 2.55 bits per heavy atom. The van der Waals surface area contributed by atoms with Gasteiger partial charge in [-0.3, -0.25) is 0 Å². The monoisotopic (exact) mass is 287 g/mol. The molecular formula is C15H17N3OS. The van der Waals surface area contributed by atoms with Gasteiger partial charge >= 0.3 is 0 Å². The Bertz CT molecular complexity index is 611. The molecular weight excluding hydrogens is 270 g/mol. The number of anilines is 2. The van der Waals surface area contributed by atoms with E-state index in [1.807, 2.05) is 50.2 Å². The van der Waals surface area contributed by atoms with Crippen molar-refractivity contribution >= 4 is 28.7 Å². The molecule has 2 aromatic rings. The van der Waals surface area contributed by atoms with E-state index in [0.717, 1.165) is 22.7 Å². The second-order valence-electron chi connectivity index (χ2n) is 4.30. The number of hydrogen-bond acceptors (Lipinski definition) is 4. The van der Waals surface area contributed by atoms with Gasteiger partial charge in [-0.2, -0.15) is 0 Å². The van der Waals surface area contributed by atoms with Crippen LogP contribution in [0.15, 0.2) is 36.4 Å². The van der Waals surface area contributed by atoms with Gasteiger partial charge in [0.05, 0.1) is 12.2 Å². The van der Waals surface area contributed by atoms with Gasteiger partial charge < -0.3 is 15.8 Å². The summed E-state index contributed by atoms with van der Waals surface area (Å²) in [4.78, 5) is 4.76. The summed E-state index contributed by atoms with van der Waals surface area (Å²) in [6, 6.07) is 11.4. The molecule has 0 fully saturated rings. The molecule has 5 heteroatoms. The van der Waals surface area contributed by atoms with Crippen molar-refractivity contribution in [3.63, 3.8) is 0 Å². The first-order chi connectivity index (χ1) is 9.60. The summed E-state index contributed by atoms with van der Waals surface area (Å²) in [5, 5.41) is 3.23. The fraction of sp³-hybridized carbons (Fsp3) is 0.200. The number of aromatic nitrogens is 1. The smallest absolute Gasteiger partial charge is 0.140 e. The highest BCUT2D eigenvalue weighted by Gasteiger charge is 2.07. The van der Waals surface area contributed by atoms with E-state index in [0.29, 0.717) is 17.4 Å². The fourth-order valence-corrected chi connectivity index (χ4v) is 1.95. The zero-order valence-electron chi connectivity index (χ0n) is 11.5. The molecule has 0 amide bonds. The molecule has 3 N–H and O–H groups in total. The number of pyridine rings is 1. The van der Waals surface area contributed by atoms with Crippen LogP contribution in [0.4, 0.5) is 11.5 Å². The third-order valence-corrected chi connectivity index (χ3v) is 2.95. The van der Waals surface area contributed by atoms with Gasteiger partial charge in [0.2, 0.25) is 0 Å². The number of thiocarbonyl (C=S) groups is 1. The highest BCUT2D eigenvalue weighted by Crippen LogP contribution is 2.22. The van der Waals surface area contributed by atoms with E-state index >= 15 is 0 Å². The van der Waals surface area contributed by atoms with Crippen molar-refractivity contribution < 1.29 is 4.74 Å². The lowest BCUT2D eigenvalue weighted by Crippen LogP contribution is -2.13. The lowest BCUT2D eigenvalue weighted by molar-refractivity contribution is 0.340. The second-order valence-corrected chi connectivity index (χ2v) is 4.74. The number of benzene rings is 1. The first-order valence-electron chi connectivity index (χ1n) is 6.37. The van der Waals surface area contributed by atoms with Crippen LogP contribution in [0.3, 0.4) is 0 Å². The third-order valence-electron chi connectivity index (χ3n) is 2.73. The number of nitrogens with one attached hydrogen (secondary N) is 1. The van der Waals surface area contributed by atoms with Crippen molar-refractivity contribution in [2.45, 2.75) is 13.8 Å². The summed E-state index contributed by atoms with van der Waals surface area (Å²) in [6.45, 7) is 4.53. The minimum Gasteiger partial charge on any atom is -0.494 e. The second kappa shape index (κ2) is 6.34. The van der Waals surface area contributed by atoms with Gasteiger partial charge in [-0.15, -0.1) is 0 Å². The lowest BCUT2D eigenvalue weighted by Gasteiger charge is -2.11. The topological polar surface area (TPSA) is 60.2 Å². The average Bonchev–Trinajstić information content (AvgIpc) is 2.41. The van der Waals surface area contributed by atoms with Crippen molar-refractivity contribution in [3.8, 4) is 5.75 Å². The van der Waals surface area contributed by atoms with Crippen LogP contribution in [0.25, 0.3) is 0 Å². The van der Waals surface area contributed by atoms with Crippen molar-refractivity contribution in [1.82, 2.24) is 4.98 Å². The molecule has 0 saturated heterocycles. The summed E-state index contributed by atoms with van der Waals surface area (Å²) < 4.78 is 5.41. The Morgan fingerprint density at radius 1 is 1.25 bits per heavy atom. The van der Waals surface area contributed by atoms with E-state index in [-0.39, 0.29) is 0 Å². The number of rotatable bonds is 5. The van der Waals surface area contributed by atoms with Gasteiger partial charge in [-0.25, -0.2) is 4.98 Å². The standard InChI is InChI=1S/C15H17N3OS/c1-3-19-12-7-5-11(6-8-12)18-15-13(14(16)20)9-4-10(2)17-15/h4-9H,3H2,1-2H3,(H2,16,20)(H,17,18). The lowest BCUT2D eigenvalue weighted by atomic mass is 10.2. The summed E-state index contributed by atoms with van der Waals surface area (Å²) in [5.41, 5.74) is 8.26. The fourth-order valence-electron chi connectivity index (χ4n) is 1.79. The molecule has 0 radical (unpaired) electrons. The minimum absolute atomic E-state index is 0.325. The van der Waals surface area contributed by atoms with Gasteiger partial charge in [0.15, 0.2) is 0 Å². The van der Waals surface area contributed by atoms with Gasteiger partial charge in [-0.1, -0.05) is 12.2 Å². The summed E-state index contributed by atoms with van der Waals surface area (Å²) >= 11 is 5.04. The maximum absolute atomic E-state index is 5.71. The van der Waals surface area contributed by atoms with Crippen molar-refractivity contribution in [1.29, 1.82) is 0 Å². The zero-order valence-corrected chi connectivity index (χ0v) is 12.3. The molecule has 1 aromatic heterocycles. The molecule has 0 saturated carbocycles. The van der Waals surface area contributed by atoms with Crippen LogP contribution in [0.1, 0.15) is 18.2 Å².